The minimum atomic E-state index is -0.238. The topological polar surface area (TPSA) is 29.5 Å². The van der Waals surface area contributed by atoms with Crippen LogP contribution in [-0.4, -0.2) is 0 Å². The molecule has 2 aromatic heterocycles. The Labute approximate surface area is 336 Å². The van der Waals surface area contributed by atoms with Crippen LogP contribution in [0.3, 0.4) is 0 Å². The van der Waals surface area contributed by atoms with E-state index in [1.54, 1.807) is 0 Å². The molecule has 0 saturated carbocycles. The first-order valence-corrected chi connectivity index (χ1v) is 20.0. The molecule has 58 heavy (non-hydrogen) atoms. The van der Waals surface area contributed by atoms with Crippen molar-refractivity contribution in [2.45, 2.75) is 19.3 Å². The van der Waals surface area contributed by atoms with Crippen molar-refractivity contribution in [3.8, 4) is 33.4 Å². The van der Waals surface area contributed by atoms with E-state index in [-0.39, 0.29) is 5.41 Å². The highest BCUT2D eigenvalue weighted by Crippen LogP contribution is 2.52. The molecule has 0 spiro atoms. The van der Waals surface area contributed by atoms with E-state index >= 15 is 0 Å². The lowest BCUT2D eigenvalue weighted by atomic mass is 9.81. The molecule has 1 aliphatic carbocycles. The number of fused-ring (bicyclic) bond motifs is 10. The average molecular weight is 744 g/mol. The summed E-state index contributed by atoms with van der Waals surface area (Å²) >= 11 is 0. The third-order valence-corrected chi connectivity index (χ3v) is 12.5. The molecule has 2 heterocycles. The molecule has 274 valence electrons. The second-order valence-corrected chi connectivity index (χ2v) is 16.1. The van der Waals surface area contributed by atoms with Gasteiger partial charge in [0.05, 0.1) is 5.69 Å². The Morgan fingerprint density at radius 2 is 0.948 bits per heavy atom. The van der Waals surface area contributed by atoms with Gasteiger partial charge in [0, 0.05) is 38.3 Å². The summed E-state index contributed by atoms with van der Waals surface area (Å²) in [5.74, 6) is 0. The molecular formula is C55H37NO2. The Morgan fingerprint density at radius 1 is 0.379 bits per heavy atom. The molecule has 3 nitrogen and oxygen atoms in total. The number of nitrogens with zero attached hydrogens (tertiary/aromatic N) is 1. The first-order chi connectivity index (χ1) is 28.5. The highest BCUT2D eigenvalue weighted by atomic mass is 16.3. The summed E-state index contributed by atoms with van der Waals surface area (Å²) in [6, 6.07) is 67.8. The molecule has 0 saturated heterocycles. The molecule has 1 aliphatic rings. The predicted molar refractivity (Wildman–Crippen MR) is 242 cm³/mol. The Kier molecular flexibility index (Phi) is 6.98. The minimum Gasteiger partial charge on any atom is -0.456 e. The van der Waals surface area contributed by atoms with Crippen LogP contribution in [0.4, 0.5) is 17.1 Å². The standard InChI is InChI=1S/C55H37NO2/c1-55(2)48-32-37(36-24-30-53-47(31-36)45-15-6-7-19-51(45)57-53)23-28-42(48)43-29-27-39(33-49(43)55)56(50-18-10-17-46-44-14-5-8-20-52(44)58-54(46)50)38-25-21-35(22-26-38)41-16-9-12-34-11-3-4-13-40(34)41/h3-33H,1-2H3. The summed E-state index contributed by atoms with van der Waals surface area (Å²) < 4.78 is 12.8. The van der Waals surface area contributed by atoms with Gasteiger partial charge in [0.1, 0.15) is 16.7 Å². The van der Waals surface area contributed by atoms with E-state index < -0.39 is 0 Å². The van der Waals surface area contributed by atoms with Gasteiger partial charge in [-0.3, -0.25) is 0 Å². The summed E-state index contributed by atoms with van der Waals surface area (Å²) in [5.41, 5.74) is 16.5. The summed E-state index contributed by atoms with van der Waals surface area (Å²) in [7, 11) is 0. The van der Waals surface area contributed by atoms with Crippen molar-refractivity contribution in [3.05, 3.63) is 199 Å². The number of benzene rings is 9. The number of rotatable bonds is 5. The second-order valence-electron chi connectivity index (χ2n) is 16.1. The van der Waals surface area contributed by atoms with Crippen LogP contribution in [0.5, 0.6) is 0 Å². The van der Waals surface area contributed by atoms with Crippen molar-refractivity contribution in [1.82, 2.24) is 0 Å². The maximum atomic E-state index is 6.69. The zero-order valence-corrected chi connectivity index (χ0v) is 32.2. The zero-order valence-electron chi connectivity index (χ0n) is 32.2. The van der Waals surface area contributed by atoms with Gasteiger partial charge in [-0.2, -0.15) is 0 Å². The molecule has 0 unspecified atom stereocenters. The van der Waals surface area contributed by atoms with Crippen LogP contribution in [0, 0.1) is 0 Å². The molecule has 9 aromatic carbocycles. The Bertz CT molecular complexity index is 3430. The van der Waals surface area contributed by atoms with Crippen molar-refractivity contribution in [1.29, 1.82) is 0 Å². The average Bonchev–Trinajstić information content (AvgIpc) is 3.91. The second kappa shape index (κ2) is 12.3. The molecular weight excluding hydrogens is 707 g/mol. The first-order valence-electron chi connectivity index (χ1n) is 20.0. The van der Waals surface area contributed by atoms with E-state index in [0.717, 1.165) is 60.9 Å². The van der Waals surface area contributed by atoms with Crippen molar-refractivity contribution in [2.24, 2.45) is 0 Å². The third-order valence-electron chi connectivity index (χ3n) is 12.5. The van der Waals surface area contributed by atoms with Gasteiger partial charge >= 0.3 is 0 Å². The normalized spacial score (nSPS) is 13.1. The number of anilines is 3. The van der Waals surface area contributed by atoms with Gasteiger partial charge < -0.3 is 13.7 Å². The van der Waals surface area contributed by atoms with Crippen LogP contribution >= 0.6 is 0 Å². The van der Waals surface area contributed by atoms with Gasteiger partial charge in [0.2, 0.25) is 0 Å². The number of hydrogen-bond donors (Lipinski definition) is 0. The lowest BCUT2D eigenvalue weighted by molar-refractivity contribution is 0.660. The van der Waals surface area contributed by atoms with Gasteiger partial charge in [-0.05, 0) is 116 Å². The lowest BCUT2D eigenvalue weighted by Gasteiger charge is -2.28. The maximum absolute atomic E-state index is 6.69. The Morgan fingerprint density at radius 3 is 1.78 bits per heavy atom. The van der Waals surface area contributed by atoms with E-state index in [4.69, 9.17) is 8.83 Å². The highest BCUT2D eigenvalue weighted by molar-refractivity contribution is 6.11. The third kappa shape index (κ3) is 4.86. The van der Waals surface area contributed by atoms with Crippen LogP contribution in [0.1, 0.15) is 25.0 Å². The zero-order chi connectivity index (χ0) is 38.5. The predicted octanol–water partition coefficient (Wildman–Crippen LogP) is 15.7. The van der Waals surface area contributed by atoms with Crippen molar-refractivity contribution < 1.29 is 8.83 Å². The first kappa shape index (κ1) is 32.8. The molecule has 0 N–H and O–H groups in total. The molecule has 0 aliphatic heterocycles. The largest absolute Gasteiger partial charge is 0.456 e. The summed E-state index contributed by atoms with van der Waals surface area (Å²) in [5, 5.41) is 7.00. The fourth-order valence-corrected chi connectivity index (χ4v) is 9.55. The van der Waals surface area contributed by atoms with Gasteiger partial charge in [-0.25, -0.2) is 0 Å². The van der Waals surface area contributed by atoms with Crippen LogP contribution in [0.15, 0.2) is 197 Å². The highest BCUT2D eigenvalue weighted by Gasteiger charge is 2.36. The summed E-state index contributed by atoms with van der Waals surface area (Å²) in [6.07, 6.45) is 0. The number of hydrogen-bond acceptors (Lipinski definition) is 3. The maximum Gasteiger partial charge on any atom is 0.159 e. The van der Waals surface area contributed by atoms with Gasteiger partial charge in [-0.1, -0.05) is 141 Å². The SMILES string of the molecule is CC1(C)c2cc(-c3ccc4oc5ccccc5c4c3)ccc2-c2ccc(N(c3ccc(-c4cccc5ccccc45)cc3)c3cccc4c3oc3ccccc34)cc21. The minimum absolute atomic E-state index is 0.238. The van der Waals surface area contributed by atoms with E-state index in [0.29, 0.717) is 0 Å². The number of furan rings is 2. The van der Waals surface area contributed by atoms with Gasteiger partial charge in [0.25, 0.3) is 0 Å². The molecule has 0 radical (unpaired) electrons. The van der Waals surface area contributed by atoms with Crippen molar-refractivity contribution in [3.63, 3.8) is 0 Å². The Hall–Kier alpha value is -7.36. The number of para-hydroxylation sites is 3. The Balaban J connectivity index is 0.990. The molecule has 0 amide bonds. The fraction of sp³-hybridized carbons (Fsp3) is 0.0545. The van der Waals surface area contributed by atoms with Crippen molar-refractivity contribution in [2.75, 3.05) is 4.90 Å². The van der Waals surface area contributed by atoms with Crippen LogP contribution < -0.4 is 4.90 Å². The smallest absolute Gasteiger partial charge is 0.159 e. The molecule has 11 aromatic rings. The summed E-state index contributed by atoms with van der Waals surface area (Å²) in [6.45, 7) is 4.72. The van der Waals surface area contributed by atoms with Crippen molar-refractivity contribution >= 4 is 71.7 Å². The molecule has 12 rings (SSSR count). The molecule has 0 fully saturated rings. The van der Waals surface area contributed by atoms with E-state index in [2.05, 4.69) is 189 Å². The monoisotopic (exact) mass is 743 g/mol. The summed E-state index contributed by atoms with van der Waals surface area (Å²) in [4.78, 5) is 2.37. The van der Waals surface area contributed by atoms with Gasteiger partial charge in [0.15, 0.2) is 5.58 Å². The van der Waals surface area contributed by atoms with Gasteiger partial charge in [-0.15, -0.1) is 0 Å². The van der Waals surface area contributed by atoms with E-state index in [1.165, 1.54) is 55.3 Å². The fourth-order valence-electron chi connectivity index (χ4n) is 9.55. The van der Waals surface area contributed by atoms with E-state index in [1.807, 2.05) is 18.2 Å². The van der Waals surface area contributed by atoms with E-state index in [9.17, 15) is 0 Å². The lowest BCUT2D eigenvalue weighted by Crippen LogP contribution is -2.16. The molecule has 3 heteroatoms. The molecule has 0 bridgehead atoms. The van der Waals surface area contributed by atoms with Crippen LogP contribution in [0.2, 0.25) is 0 Å². The van der Waals surface area contributed by atoms with Crippen LogP contribution in [-0.2, 0) is 5.41 Å². The quantitative estimate of drug-likeness (QED) is 0.176. The van der Waals surface area contributed by atoms with Crippen LogP contribution in [0.25, 0.3) is 88.0 Å². The molecule has 0 atom stereocenters.